The molecular formula is C3H11ClN2. The largest absolute Gasteiger partial charge is 0.274 e. The predicted molar refractivity (Wildman–Crippen MR) is 29.4 cm³/mol. The molecule has 0 atom stereocenters. The lowest BCUT2D eigenvalue weighted by molar-refractivity contribution is 1.10. The molecular weight excluding hydrogens is 99.5 g/mol. The molecule has 0 heterocycles. The van der Waals surface area contributed by atoms with Crippen LogP contribution < -0.4 is 11.7 Å². The van der Waals surface area contributed by atoms with Gasteiger partial charge in [-0.25, -0.2) is 0 Å². The molecule has 0 spiro atoms. The number of halogens is 1. The van der Waals surface area contributed by atoms with E-state index in [0.29, 0.717) is 5.38 Å². The Labute approximate surface area is 43.4 Å². The van der Waals surface area contributed by atoms with Gasteiger partial charge in [0, 0.05) is 5.38 Å². The summed E-state index contributed by atoms with van der Waals surface area (Å²) in [6, 6.07) is 0. The van der Waals surface area contributed by atoms with E-state index in [0.717, 1.165) is 0 Å². The molecule has 4 N–H and O–H groups in total. The number of alkyl halides is 1. The van der Waals surface area contributed by atoms with Crippen molar-refractivity contribution in [3.05, 3.63) is 0 Å². The molecule has 0 rings (SSSR count). The van der Waals surface area contributed by atoms with Gasteiger partial charge in [-0.1, -0.05) is 0 Å². The van der Waals surface area contributed by atoms with Crippen LogP contribution in [0.2, 0.25) is 0 Å². The first-order valence-corrected chi connectivity index (χ1v) is 2.14. The van der Waals surface area contributed by atoms with E-state index in [1.807, 2.05) is 13.8 Å². The van der Waals surface area contributed by atoms with E-state index in [2.05, 4.69) is 11.7 Å². The van der Waals surface area contributed by atoms with Crippen molar-refractivity contribution in [1.29, 1.82) is 0 Å². The summed E-state index contributed by atoms with van der Waals surface area (Å²) >= 11 is 5.27. The highest BCUT2D eigenvalue weighted by Gasteiger charge is 1.71. The fraction of sp³-hybridized carbons (Fsp3) is 1.00. The van der Waals surface area contributed by atoms with Crippen molar-refractivity contribution < 1.29 is 0 Å². The number of nitrogens with two attached hydrogens (primary N) is 2. The molecule has 2 nitrogen and oxygen atoms in total. The van der Waals surface area contributed by atoms with Gasteiger partial charge in [-0.3, -0.25) is 11.7 Å². The normalized spacial score (nSPS) is 7.00. The van der Waals surface area contributed by atoms with Crippen LogP contribution in [-0.4, -0.2) is 5.38 Å². The molecule has 0 aromatic heterocycles. The van der Waals surface area contributed by atoms with Gasteiger partial charge in [0.1, 0.15) is 0 Å². The van der Waals surface area contributed by atoms with E-state index >= 15 is 0 Å². The van der Waals surface area contributed by atoms with Gasteiger partial charge >= 0.3 is 0 Å². The minimum Gasteiger partial charge on any atom is -0.274 e. The zero-order valence-electron chi connectivity index (χ0n) is 4.11. The molecule has 0 aliphatic heterocycles. The monoisotopic (exact) mass is 110 g/mol. The van der Waals surface area contributed by atoms with E-state index in [4.69, 9.17) is 11.6 Å². The summed E-state index contributed by atoms with van der Waals surface area (Å²) in [5.41, 5.74) is 0. The Kier molecular flexibility index (Phi) is 14.2. The minimum absolute atomic E-state index is 0.306. The molecule has 0 unspecified atom stereocenters. The van der Waals surface area contributed by atoms with Crippen LogP contribution in [-0.2, 0) is 0 Å². The molecule has 6 heavy (non-hydrogen) atoms. The van der Waals surface area contributed by atoms with Crippen LogP contribution in [0.4, 0.5) is 0 Å². The Morgan fingerprint density at radius 3 is 1.33 bits per heavy atom. The Bertz CT molecular complexity index is 13.5. The zero-order chi connectivity index (χ0) is 5.58. The number of hydrogen-bond donors (Lipinski definition) is 2. The maximum absolute atomic E-state index is 5.27. The van der Waals surface area contributed by atoms with Crippen LogP contribution in [0.3, 0.4) is 0 Å². The van der Waals surface area contributed by atoms with Crippen molar-refractivity contribution in [2.75, 3.05) is 0 Å². The van der Waals surface area contributed by atoms with E-state index in [9.17, 15) is 0 Å². The molecule has 3 heteroatoms. The highest BCUT2D eigenvalue weighted by atomic mass is 35.5. The summed E-state index contributed by atoms with van der Waals surface area (Å²) in [4.78, 5) is 0. The molecule has 0 aliphatic rings. The van der Waals surface area contributed by atoms with Crippen LogP contribution in [0.25, 0.3) is 0 Å². The lowest BCUT2D eigenvalue weighted by Gasteiger charge is -1.76. The van der Waals surface area contributed by atoms with Gasteiger partial charge < -0.3 is 0 Å². The maximum atomic E-state index is 5.27. The third-order valence-electron chi connectivity index (χ3n) is 0. The summed E-state index contributed by atoms with van der Waals surface area (Å²) in [7, 11) is 0. The fourth-order valence-electron chi connectivity index (χ4n) is 0. The summed E-state index contributed by atoms with van der Waals surface area (Å²) < 4.78 is 0. The second-order valence-corrected chi connectivity index (χ2v) is 1.89. The standard InChI is InChI=1S/C3H7Cl.H4N2/c1-3(2)4;1-2/h3H,1-2H3;1-2H2. The summed E-state index contributed by atoms with van der Waals surface area (Å²) in [6.45, 7) is 3.86. The van der Waals surface area contributed by atoms with E-state index in [-0.39, 0.29) is 0 Å². The SMILES string of the molecule is CC(C)Cl.NN. The smallest absolute Gasteiger partial charge is 0.0279 e. The lowest BCUT2D eigenvalue weighted by atomic mass is 10.6. The molecule has 0 aromatic carbocycles. The number of hydrazine groups is 1. The van der Waals surface area contributed by atoms with Gasteiger partial charge in [0.25, 0.3) is 0 Å². The Morgan fingerprint density at radius 1 is 1.33 bits per heavy atom. The van der Waals surface area contributed by atoms with Crippen molar-refractivity contribution in [2.45, 2.75) is 19.2 Å². The summed E-state index contributed by atoms with van der Waals surface area (Å²) in [5, 5.41) is 0.306. The molecule has 0 radical (unpaired) electrons. The average molecular weight is 111 g/mol. The third-order valence-corrected chi connectivity index (χ3v) is 0. The van der Waals surface area contributed by atoms with Gasteiger partial charge in [-0.15, -0.1) is 11.6 Å². The van der Waals surface area contributed by atoms with Crippen LogP contribution in [0, 0.1) is 0 Å². The minimum atomic E-state index is 0.306. The number of hydrogen-bond acceptors (Lipinski definition) is 2. The molecule has 0 aromatic rings. The van der Waals surface area contributed by atoms with Crippen molar-refractivity contribution in [1.82, 2.24) is 0 Å². The third kappa shape index (κ3) is 984. The first-order chi connectivity index (χ1) is 2.73. The Balaban J connectivity index is 0. The quantitative estimate of drug-likeness (QED) is 0.270. The second-order valence-electron chi connectivity index (χ2n) is 1.01. The van der Waals surface area contributed by atoms with E-state index in [1.165, 1.54) is 0 Å². The number of rotatable bonds is 0. The molecule has 0 fully saturated rings. The summed E-state index contributed by atoms with van der Waals surface area (Å²) in [6.07, 6.45) is 0. The molecule has 0 amide bonds. The highest BCUT2D eigenvalue weighted by Crippen LogP contribution is 1.84. The molecule has 40 valence electrons. The van der Waals surface area contributed by atoms with Gasteiger partial charge in [-0.2, -0.15) is 0 Å². The lowest BCUT2D eigenvalue weighted by Crippen LogP contribution is -2.02. The molecule has 0 saturated carbocycles. The van der Waals surface area contributed by atoms with Crippen LogP contribution in [0.1, 0.15) is 13.8 Å². The van der Waals surface area contributed by atoms with E-state index in [1.54, 1.807) is 0 Å². The predicted octanol–water partition coefficient (Wildman–Crippen LogP) is 0.452. The summed E-state index contributed by atoms with van der Waals surface area (Å²) in [5.74, 6) is 8.00. The first kappa shape index (κ1) is 9.51. The van der Waals surface area contributed by atoms with Gasteiger partial charge in [0.15, 0.2) is 0 Å². The van der Waals surface area contributed by atoms with Gasteiger partial charge in [0.2, 0.25) is 0 Å². The van der Waals surface area contributed by atoms with Gasteiger partial charge in [-0.05, 0) is 13.8 Å². The highest BCUT2D eigenvalue weighted by molar-refractivity contribution is 6.20. The van der Waals surface area contributed by atoms with E-state index < -0.39 is 0 Å². The van der Waals surface area contributed by atoms with Crippen molar-refractivity contribution in [3.63, 3.8) is 0 Å². The van der Waals surface area contributed by atoms with Crippen LogP contribution in [0.15, 0.2) is 0 Å². The fourth-order valence-corrected chi connectivity index (χ4v) is 0. The van der Waals surface area contributed by atoms with Crippen molar-refractivity contribution in [3.8, 4) is 0 Å². The molecule has 0 saturated heterocycles. The first-order valence-electron chi connectivity index (χ1n) is 1.71. The Morgan fingerprint density at radius 2 is 1.33 bits per heavy atom. The zero-order valence-corrected chi connectivity index (χ0v) is 4.87. The topological polar surface area (TPSA) is 52.0 Å². The van der Waals surface area contributed by atoms with Crippen LogP contribution in [0.5, 0.6) is 0 Å². The van der Waals surface area contributed by atoms with Crippen LogP contribution >= 0.6 is 11.6 Å². The van der Waals surface area contributed by atoms with Crippen molar-refractivity contribution in [2.24, 2.45) is 11.7 Å². The van der Waals surface area contributed by atoms with Gasteiger partial charge in [0.05, 0.1) is 0 Å². The Hall–Kier alpha value is 0.210. The van der Waals surface area contributed by atoms with Crippen molar-refractivity contribution >= 4 is 11.6 Å². The molecule has 0 aliphatic carbocycles. The molecule has 0 bridgehead atoms. The maximum Gasteiger partial charge on any atom is 0.0279 e. The second kappa shape index (κ2) is 8.96. The average Bonchev–Trinajstić information content (AvgIpc) is 1.41.